The maximum Gasteiger partial charge on any atom is 0.305 e. The minimum Gasteiger partial charge on any atom is -0.545 e. The smallest absolute Gasteiger partial charge is 0.305 e. The van der Waals surface area contributed by atoms with Crippen molar-refractivity contribution in [3.63, 3.8) is 0 Å². The molecule has 0 rings (SSSR count). The van der Waals surface area contributed by atoms with Crippen molar-refractivity contribution in [1.82, 2.24) is 0 Å². The number of esters is 1. The summed E-state index contributed by atoms with van der Waals surface area (Å²) in [6.07, 6.45) is 10.9. The second-order valence-electron chi connectivity index (χ2n) is 9.49. The molecule has 1 N–H and O–H groups in total. The zero-order valence-corrected chi connectivity index (χ0v) is 20.8. The van der Waals surface area contributed by atoms with E-state index in [-0.39, 0.29) is 25.8 Å². The van der Waals surface area contributed by atoms with Crippen molar-refractivity contribution in [1.29, 1.82) is 0 Å². The fourth-order valence-electron chi connectivity index (χ4n) is 3.06. The fourth-order valence-corrected chi connectivity index (χ4v) is 3.06. The fraction of sp³-hybridized carbons (Fsp3) is 0.917. The van der Waals surface area contributed by atoms with Gasteiger partial charge in [0.25, 0.3) is 0 Å². The van der Waals surface area contributed by atoms with Crippen molar-refractivity contribution in [2.24, 2.45) is 0 Å². The Morgan fingerprint density at radius 2 is 1.38 bits per heavy atom. The number of aliphatic hydroxyl groups is 1. The summed E-state index contributed by atoms with van der Waals surface area (Å²) >= 11 is 0. The molecule has 0 aliphatic rings. The van der Waals surface area contributed by atoms with Crippen molar-refractivity contribution in [3.8, 4) is 0 Å². The second-order valence-corrected chi connectivity index (χ2v) is 9.49. The molecule has 2 atom stereocenters. The Labute approximate surface area is 194 Å². The van der Waals surface area contributed by atoms with E-state index in [0.717, 1.165) is 19.3 Å². The van der Waals surface area contributed by atoms with Crippen molar-refractivity contribution in [2.45, 2.75) is 96.4 Å². The number of hydrogen-bond acceptors (Lipinski definition) is 7. The number of likely N-dealkylation sites (N-methyl/N-ethyl adjacent to an activating group) is 1. The normalized spacial score (nSPS) is 13.7. The predicted molar refractivity (Wildman–Crippen MR) is 122 cm³/mol. The van der Waals surface area contributed by atoms with Gasteiger partial charge in [-0.3, -0.25) is 4.79 Å². The highest BCUT2D eigenvalue weighted by molar-refractivity contribution is 5.69. The van der Waals surface area contributed by atoms with Crippen LogP contribution >= 0.6 is 0 Å². The van der Waals surface area contributed by atoms with Crippen LogP contribution in [0.15, 0.2) is 0 Å². The molecule has 0 amide bonds. The number of carbonyl (C=O) groups excluding carboxylic acids is 2. The van der Waals surface area contributed by atoms with Gasteiger partial charge in [-0.1, -0.05) is 71.1 Å². The molecule has 32 heavy (non-hydrogen) atoms. The topological polar surface area (TPSA) is 105 Å². The molecule has 8 heteroatoms. The zero-order valence-electron chi connectivity index (χ0n) is 20.8. The number of aliphatic carboxylic acids is 1. The first kappa shape index (κ1) is 30.8. The number of rotatable bonds is 22. The van der Waals surface area contributed by atoms with Crippen LogP contribution in [0.25, 0.3) is 0 Å². The molecule has 0 aromatic rings. The lowest BCUT2D eigenvalue weighted by Crippen LogP contribution is -2.44. The highest BCUT2D eigenvalue weighted by atomic mass is 16.7. The lowest BCUT2D eigenvalue weighted by molar-refractivity contribution is -0.870. The summed E-state index contributed by atoms with van der Waals surface area (Å²) in [4.78, 5) is 22.9. The molecule has 0 aliphatic heterocycles. The molecule has 0 bridgehead atoms. The molecular weight excluding hydrogens is 414 g/mol. The Balaban J connectivity index is 3.72. The molecule has 0 fully saturated rings. The van der Waals surface area contributed by atoms with Crippen LogP contribution in [0.3, 0.4) is 0 Å². The van der Waals surface area contributed by atoms with Gasteiger partial charge in [0.1, 0.15) is 19.3 Å². The highest BCUT2D eigenvalue weighted by Gasteiger charge is 2.17. The zero-order chi connectivity index (χ0) is 24.2. The molecule has 0 aromatic heterocycles. The predicted octanol–water partition coefficient (Wildman–Crippen LogP) is 2.41. The SMILES string of the molecule is CCCCCCCCCCCCCC(=O)OCC(O)COC(OCC[N+](C)(C)C)C(=O)[O-]. The number of nitrogens with zero attached hydrogens (tertiary/aromatic N) is 1. The van der Waals surface area contributed by atoms with Crippen LogP contribution in [0.1, 0.15) is 84.0 Å². The Kier molecular flexibility index (Phi) is 18.5. The minimum absolute atomic E-state index is 0.173. The van der Waals surface area contributed by atoms with Gasteiger partial charge < -0.3 is 33.7 Å². The van der Waals surface area contributed by atoms with Crippen LogP contribution in [0.5, 0.6) is 0 Å². The van der Waals surface area contributed by atoms with Crippen LogP contribution in [0.2, 0.25) is 0 Å². The summed E-state index contributed by atoms with van der Waals surface area (Å²) in [6.45, 7) is 2.43. The molecule has 0 radical (unpaired) electrons. The summed E-state index contributed by atoms with van der Waals surface area (Å²) in [6, 6.07) is 0. The molecule has 0 spiro atoms. The number of carbonyl (C=O) groups is 2. The molecule has 0 heterocycles. The standard InChI is InChI=1S/C24H47NO7/c1-5-6-7-8-9-10-11-12-13-14-15-16-22(27)31-19-21(26)20-32-24(23(28)29)30-18-17-25(2,3)4/h21,24,26H,5-20H2,1-4H3. The van der Waals surface area contributed by atoms with E-state index >= 15 is 0 Å². The van der Waals surface area contributed by atoms with Gasteiger partial charge in [-0.15, -0.1) is 0 Å². The van der Waals surface area contributed by atoms with Gasteiger partial charge >= 0.3 is 5.97 Å². The maximum absolute atomic E-state index is 11.8. The number of ether oxygens (including phenoxy) is 3. The lowest BCUT2D eigenvalue weighted by atomic mass is 10.1. The van der Waals surface area contributed by atoms with Gasteiger partial charge in [0.05, 0.1) is 40.3 Å². The Hall–Kier alpha value is -1.22. The third-order valence-corrected chi connectivity index (χ3v) is 5.08. The van der Waals surface area contributed by atoms with E-state index in [1.54, 1.807) is 0 Å². The Bertz CT molecular complexity index is 479. The number of hydrogen-bond donors (Lipinski definition) is 1. The van der Waals surface area contributed by atoms with Gasteiger partial charge in [0.15, 0.2) is 6.29 Å². The molecule has 0 saturated carbocycles. The molecule has 0 saturated heterocycles. The summed E-state index contributed by atoms with van der Waals surface area (Å²) < 4.78 is 15.9. The first-order valence-corrected chi connectivity index (χ1v) is 12.2. The van der Waals surface area contributed by atoms with Crippen LogP contribution in [0, 0.1) is 0 Å². The third-order valence-electron chi connectivity index (χ3n) is 5.08. The average Bonchev–Trinajstić information content (AvgIpc) is 2.71. The van der Waals surface area contributed by atoms with Crippen molar-refractivity contribution in [3.05, 3.63) is 0 Å². The van der Waals surface area contributed by atoms with Crippen LogP contribution < -0.4 is 5.11 Å². The average molecular weight is 462 g/mol. The van der Waals surface area contributed by atoms with Gasteiger partial charge in [0, 0.05) is 6.42 Å². The Morgan fingerprint density at radius 3 is 1.88 bits per heavy atom. The van der Waals surface area contributed by atoms with Crippen molar-refractivity contribution in [2.75, 3.05) is 47.5 Å². The van der Waals surface area contributed by atoms with Gasteiger partial charge in [0.2, 0.25) is 0 Å². The van der Waals surface area contributed by atoms with E-state index in [4.69, 9.17) is 14.2 Å². The first-order valence-electron chi connectivity index (χ1n) is 12.2. The van der Waals surface area contributed by atoms with E-state index in [9.17, 15) is 19.8 Å². The molecule has 190 valence electrons. The number of quaternary nitrogens is 1. The largest absolute Gasteiger partial charge is 0.545 e. The van der Waals surface area contributed by atoms with E-state index < -0.39 is 18.4 Å². The molecule has 8 nitrogen and oxygen atoms in total. The lowest BCUT2D eigenvalue weighted by Gasteiger charge is -2.26. The summed E-state index contributed by atoms with van der Waals surface area (Å²) in [5.74, 6) is -1.87. The van der Waals surface area contributed by atoms with Crippen LogP contribution in [-0.2, 0) is 23.8 Å². The second kappa shape index (κ2) is 19.3. The van der Waals surface area contributed by atoms with Crippen LogP contribution in [0.4, 0.5) is 0 Å². The van der Waals surface area contributed by atoms with Crippen molar-refractivity contribution >= 4 is 11.9 Å². The van der Waals surface area contributed by atoms with Gasteiger partial charge in [-0.05, 0) is 6.42 Å². The monoisotopic (exact) mass is 461 g/mol. The van der Waals surface area contributed by atoms with Crippen molar-refractivity contribution < 1.29 is 38.5 Å². The number of carboxylic acids is 1. The highest BCUT2D eigenvalue weighted by Crippen LogP contribution is 2.12. The first-order chi connectivity index (χ1) is 15.2. The molecule has 0 aromatic carbocycles. The van der Waals surface area contributed by atoms with E-state index in [1.807, 2.05) is 21.1 Å². The summed E-state index contributed by atoms with van der Waals surface area (Å²) in [5.41, 5.74) is 0. The van der Waals surface area contributed by atoms with Gasteiger partial charge in [-0.2, -0.15) is 0 Å². The molecule has 0 aliphatic carbocycles. The minimum atomic E-state index is -1.57. The quantitative estimate of drug-likeness (QED) is 0.114. The van der Waals surface area contributed by atoms with Gasteiger partial charge in [-0.25, -0.2) is 0 Å². The number of unbranched alkanes of at least 4 members (excludes halogenated alkanes) is 10. The maximum atomic E-state index is 11.8. The van der Waals surface area contributed by atoms with E-state index in [0.29, 0.717) is 17.4 Å². The third kappa shape index (κ3) is 20.7. The Morgan fingerprint density at radius 1 is 0.844 bits per heavy atom. The summed E-state index contributed by atoms with van der Waals surface area (Å²) in [5, 5.41) is 21.0. The number of aliphatic hydroxyl groups excluding tert-OH is 1. The summed E-state index contributed by atoms with van der Waals surface area (Å²) in [7, 11) is 5.85. The molecular formula is C24H47NO7. The van der Waals surface area contributed by atoms with E-state index in [1.165, 1.54) is 51.4 Å². The number of carboxylic acid groups (broad SMARTS) is 1. The van der Waals surface area contributed by atoms with E-state index in [2.05, 4.69) is 6.92 Å². The van der Waals surface area contributed by atoms with Crippen LogP contribution in [-0.4, -0.2) is 81.4 Å². The molecule has 2 unspecified atom stereocenters.